The molecule has 4 rings (SSSR count). The standard InChI is InChI=1S/C27H31N3O3S/c1-18-10-11-22(21(16-18)19-8-6-5-7-9-19)28-24(31)23-17-34-25(29-23)20-12-14-30(15-13-20)26(32)33-27(2,3)4/h5-11,16-17,20H,12-15H2,1-4H3,(H,28,31). The fourth-order valence-corrected chi connectivity index (χ4v) is 5.00. The van der Waals surface area contributed by atoms with Crippen LogP contribution in [-0.4, -0.2) is 40.6 Å². The molecule has 178 valence electrons. The number of nitrogens with one attached hydrogen (secondary N) is 1. The second-order valence-corrected chi connectivity index (χ2v) is 10.6. The molecule has 0 aliphatic carbocycles. The average molecular weight is 478 g/mol. The Hall–Kier alpha value is -3.19. The molecule has 1 aliphatic rings. The van der Waals surface area contributed by atoms with Crippen molar-refractivity contribution in [3.63, 3.8) is 0 Å². The summed E-state index contributed by atoms with van der Waals surface area (Å²) in [6, 6.07) is 16.0. The number of benzene rings is 2. The van der Waals surface area contributed by atoms with E-state index in [1.165, 1.54) is 11.3 Å². The highest BCUT2D eigenvalue weighted by Gasteiger charge is 2.29. The van der Waals surface area contributed by atoms with Gasteiger partial charge in [-0.15, -0.1) is 11.3 Å². The molecule has 0 spiro atoms. The van der Waals surface area contributed by atoms with Gasteiger partial charge in [0, 0.05) is 35.6 Å². The minimum atomic E-state index is -0.497. The van der Waals surface area contributed by atoms with Gasteiger partial charge in [-0.05, 0) is 58.2 Å². The van der Waals surface area contributed by atoms with Crippen LogP contribution in [0.15, 0.2) is 53.9 Å². The zero-order chi connectivity index (χ0) is 24.3. The molecule has 0 unspecified atom stereocenters. The SMILES string of the molecule is Cc1ccc(NC(=O)c2csc(C3CCN(C(=O)OC(C)(C)C)CC3)n2)c(-c2ccccc2)c1. The van der Waals surface area contributed by atoms with E-state index < -0.39 is 5.60 Å². The van der Waals surface area contributed by atoms with Crippen LogP contribution in [0.5, 0.6) is 0 Å². The predicted molar refractivity (Wildman–Crippen MR) is 136 cm³/mol. The van der Waals surface area contributed by atoms with E-state index >= 15 is 0 Å². The van der Waals surface area contributed by atoms with Gasteiger partial charge in [0.25, 0.3) is 5.91 Å². The summed E-state index contributed by atoms with van der Waals surface area (Å²) < 4.78 is 5.48. The zero-order valence-electron chi connectivity index (χ0n) is 20.1. The summed E-state index contributed by atoms with van der Waals surface area (Å²) in [5.74, 6) is 0.0271. The third kappa shape index (κ3) is 5.83. The molecule has 34 heavy (non-hydrogen) atoms. The number of anilines is 1. The summed E-state index contributed by atoms with van der Waals surface area (Å²) in [6.45, 7) is 8.92. The lowest BCUT2D eigenvalue weighted by Crippen LogP contribution is -2.41. The van der Waals surface area contributed by atoms with E-state index in [-0.39, 0.29) is 17.9 Å². The summed E-state index contributed by atoms with van der Waals surface area (Å²) in [4.78, 5) is 31.7. The number of aryl methyl sites for hydroxylation is 1. The van der Waals surface area contributed by atoms with E-state index in [1.807, 2.05) is 75.5 Å². The van der Waals surface area contributed by atoms with E-state index in [0.29, 0.717) is 18.8 Å². The van der Waals surface area contributed by atoms with Crippen molar-refractivity contribution in [3.05, 3.63) is 70.2 Å². The van der Waals surface area contributed by atoms with Gasteiger partial charge in [0.2, 0.25) is 0 Å². The molecule has 0 radical (unpaired) electrons. The van der Waals surface area contributed by atoms with Crippen molar-refractivity contribution in [2.45, 2.75) is 52.1 Å². The van der Waals surface area contributed by atoms with Crippen molar-refractivity contribution < 1.29 is 14.3 Å². The Morgan fingerprint density at radius 3 is 2.47 bits per heavy atom. The monoisotopic (exact) mass is 477 g/mol. The molecule has 1 aliphatic heterocycles. The van der Waals surface area contributed by atoms with Crippen LogP contribution in [0.1, 0.15) is 60.6 Å². The molecule has 1 saturated heterocycles. The fourth-order valence-electron chi connectivity index (χ4n) is 4.02. The molecule has 2 heterocycles. The number of thiazole rings is 1. The molecule has 0 saturated carbocycles. The molecule has 3 aromatic rings. The van der Waals surface area contributed by atoms with Crippen molar-refractivity contribution in [3.8, 4) is 11.1 Å². The van der Waals surface area contributed by atoms with Crippen LogP contribution in [0.4, 0.5) is 10.5 Å². The lowest BCUT2D eigenvalue weighted by atomic mass is 9.98. The van der Waals surface area contributed by atoms with E-state index in [4.69, 9.17) is 4.74 Å². The molecular weight excluding hydrogens is 446 g/mol. The smallest absolute Gasteiger partial charge is 0.410 e. The van der Waals surface area contributed by atoms with Crippen molar-refractivity contribution in [1.29, 1.82) is 0 Å². The number of hydrogen-bond donors (Lipinski definition) is 1. The number of piperidine rings is 1. The maximum absolute atomic E-state index is 13.0. The molecule has 2 amide bonds. The highest BCUT2D eigenvalue weighted by Crippen LogP contribution is 2.32. The number of ether oxygens (including phenoxy) is 1. The summed E-state index contributed by atoms with van der Waals surface area (Å²) in [5, 5.41) is 5.81. The van der Waals surface area contributed by atoms with Crippen molar-refractivity contribution in [2.24, 2.45) is 0 Å². The Bertz CT molecular complexity index is 1160. The molecule has 6 nitrogen and oxygen atoms in total. The number of amides is 2. The summed E-state index contributed by atoms with van der Waals surface area (Å²) in [7, 11) is 0. The first-order chi connectivity index (χ1) is 16.2. The Balaban J connectivity index is 1.41. The lowest BCUT2D eigenvalue weighted by Gasteiger charge is -2.32. The first-order valence-corrected chi connectivity index (χ1v) is 12.5. The largest absolute Gasteiger partial charge is 0.444 e. The van der Waals surface area contributed by atoms with Gasteiger partial charge < -0.3 is 15.0 Å². The number of hydrogen-bond acceptors (Lipinski definition) is 5. The number of aromatic nitrogens is 1. The maximum atomic E-state index is 13.0. The number of carbonyl (C=O) groups is 2. The first-order valence-electron chi connectivity index (χ1n) is 11.6. The normalized spacial score (nSPS) is 14.6. The second kappa shape index (κ2) is 9.97. The minimum absolute atomic E-state index is 0.213. The molecular formula is C27H31N3O3S. The van der Waals surface area contributed by atoms with Crippen LogP contribution in [0.3, 0.4) is 0 Å². The van der Waals surface area contributed by atoms with Gasteiger partial charge >= 0.3 is 6.09 Å². The fraction of sp³-hybridized carbons (Fsp3) is 0.370. The van der Waals surface area contributed by atoms with Gasteiger partial charge in [-0.1, -0.05) is 42.0 Å². The van der Waals surface area contributed by atoms with E-state index in [9.17, 15) is 9.59 Å². The Kier molecular flexibility index (Phi) is 7.03. The van der Waals surface area contributed by atoms with E-state index in [2.05, 4.69) is 16.4 Å². The van der Waals surface area contributed by atoms with Crippen LogP contribution in [-0.2, 0) is 4.74 Å². The molecule has 1 N–H and O–H groups in total. The molecule has 1 fully saturated rings. The highest BCUT2D eigenvalue weighted by molar-refractivity contribution is 7.10. The number of carbonyl (C=O) groups excluding carboxylic acids is 2. The number of rotatable bonds is 4. The zero-order valence-corrected chi connectivity index (χ0v) is 20.9. The molecule has 7 heteroatoms. The van der Waals surface area contributed by atoms with Gasteiger partial charge in [-0.25, -0.2) is 9.78 Å². The average Bonchev–Trinajstić information content (AvgIpc) is 3.30. The van der Waals surface area contributed by atoms with Crippen LogP contribution in [0, 0.1) is 6.92 Å². The summed E-state index contributed by atoms with van der Waals surface area (Å²) in [6.07, 6.45) is 1.35. The van der Waals surface area contributed by atoms with Crippen LogP contribution >= 0.6 is 11.3 Å². The topological polar surface area (TPSA) is 71.5 Å². The number of likely N-dealkylation sites (tertiary alicyclic amines) is 1. The van der Waals surface area contributed by atoms with Crippen LogP contribution in [0.25, 0.3) is 11.1 Å². The van der Waals surface area contributed by atoms with Gasteiger partial charge in [0.05, 0.1) is 5.01 Å². The Morgan fingerprint density at radius 2 is 1.79 bits per heavy atom. The summed E-state index contributed by atoms with van der Waals surface area (Å²) in [5.41, 5.74) is 3.86. The first kappa shape index (κ1) is 24.0. The molecule has 2 aromatic carbocycles. The van der Waals surface area contributed by atoms with E-state index in [1.54, 1.807) is 4.90 Å². The maximum Gasteiger partial charge on any atom is 0.410 e. The van der Waals surface area contributed by atoms with Gasteiger partial charge in [0.1, 0.15) is 11.3 Å². The van der Waals surface area contributed by atoms with Crippen molar-refractivity contribution in [1.82, 2.24) is 9.88 Å². The molecule has 0 bridgehead atoms. The van der Waals surface area contributed by atoms with E-state index in [0.717, 1.165) is 40.2 Å². The minimum Gasteiger partial charge on any atom is -0.444 e. The molecule has 0 atom stereocenters. The quantitative estimate of drug-likeness (QED) is 0.466. The van der Waals surface area contributed by atoms with Gasteiger partial charge in [0.15, 0.2) is 0 Å². The predicted octanol–water partition coefficient (Wildman–Crippen LogP) is 6.49. The van der Waals surface area contributed by atoms with Gasteiger partial charge in [-0.2, -0.15) is 0 Å². The Labute approximate surface area is 205 Å². The van der Waals surface area contributed by atoms with Crippen LogP contribution in [0.2, 0.25) is 0 Å². The van der Waals surface area contributed by atoms with Crippen molar-refractivity contribution in [2.75, 3.05) is 18.4 Å². The van der Waals surface area contributed by atoms with Gasteiger partial charge in [-0.3, -0.25) is 4.79 Å². The summed E-state index contributed by atoms with van der Waals surface area (Å²) >= 11 is 1.51. The highest BCUT2D eigenvalue weighted by atomic mass is 32.1. The number of nitrogens with zero attached hydrogens (tertiary/aromatic N) is 2. The third-order valence-electron chi connectivity index (χ3n) is 5.76. The Morgan fingerprint density at radius 1 is 1.09 bits per heavy atom. The lowest BCUT2D eigenvalue weighted by molar-refractivity contribution is 0.0204. The van der Waals surface area contributed by atoms with Crippen molar-refractivity contribution >= 4 is 29.0 Å². The third-order valence-corrected chi connectivity index (χ3v) is 6.77. The van der Waals surface area contributed by atoms with Crippen LogP contribution < -0.4 is 5.32 Å². The second-order valence-electron chi connectivity index (χ2n) is 9.68. The molecule has 1 aromatic heterocycles.